The minimum Gasteiger partial charge on any atom is -0.328 e. The zero-order valence-electron chi connectivity index (χ0n) is 17.5. The number of nitrogens with one attached hydrogen (secondary N) is 1. The largest absolute Gasteiger partial charge is 0.328 e. The first-order valence-electron chi connectivity index (χ1n) is 10.5. The first-order chi connectivity index (χ1) is 15.4. The number of aromatic nitrogens is 1. The van der Waals surface area contributed by atoms with E-state index >= 15 is 0 Å². The van der Waals surface area contributed by atoms with Crippen LogP contribution in [0.15, 0.2) is 57.8 Å². The molecule has 0 atom stereocenters. The average molecular weight is 467 g/mol. The van der Waals surface area contributed by atoms with E-state index in [9.17, 15) is 13.2 Å². The molecule has 0 spiro atoms. The summed E-state index contributed by atoms with van der Waals surface area (Å²) in [6.07, 6.45) is 3.60. The Kier molecular flexibility index (Phi) is 5.30. The lowest BCUT2D eigenvalue weighted by Gasteiger charge is -2.29. The van der Waals surface area contributed by atoms with Gasteiger partial charge in [-0.05, 0) is 38.0 Å². The van der Waals surface area contributed by atoms with E-state index in [1.54, 1.807) is 12.1 Å². The van der Waals surface area contributed by atoms with E-state index in [0.29, 0.717) is 23.1 Å². The maximum atomic E-state index is 12.9. The number of benzene rings is 2. The number of fused-ring (bicyclic) bond motifs is 3. The Bertz CT molecular complexity index is 1330. The number of carbonyl (C=O) groups excluding carboxylic acids is 1. The maximum absolute atomic E-state index is 12.9. The van der Waals surface area contributed by atoms with Gasteiger partial charge in [-0.25, -0.2) is 4.98 Å². The van der Waals surface area contributed by atoms with Gasteiger partial charge in [0.15, 0.2) is 5.13 Å². The Balaban J connectivity index is 1.44. The number of nitrogens with zero attached hydrogens (tertiary/aromatic N) is 3. The van der Waals surface area contributed by atoms with Crippen LogP contribution in [0.2, 0.25) is 0 Å². The highest BCUT2D eigenvalue weighted by Crippen LogP contribution is 2.35. The summed E-state index contributed by atoms with van der Waals surface area (Å²) in [4.78, 5) is 20.5. The summed E-state index contributed by atoms with van der Waals surface area (Å²) in [5.74, 6) is 0.195. The van der Waals surface area contributed by atoms with Gasteiger partial charge in [-0.3, -0.25) is 10.1 Å². The lowest BCUT2D eigenvalue weighted by molar-refractivity contribution is 0.102. The van der Waals surface area contributed by atoms with E-state index in [4.69, 9.17) is 0 Å². The standard InChI is InChI=1S/C23H22N4O3S2/c1-15-21(16-8-4-2-5-9-16)24-23(31-15)25-22(28)17-11-12-18-19(14-17)32(29,30)26-20-10-6-3-7-13-27(18)20/h2,4-5,8-9,11-12,14H,3,6-7,10,13H2,1H3,(H,24,25,28). The lowest BCUT2D eigenvalue weighted by atomic mass is 10.1. The van der Waals surface area contributed by atoms with Gasteiger partial charge < -0.3 is 4.90 Å². The van der Waals surface area contributed by atoms with Crippen LogP contribution in [0.25, 0.3) is 11.3 Å². The summed E-state index contributed by atoms with van der Waals surface area (Å²) >= 11 is 1.39. The van der Waals surface area contributed by atoms with Gasteiger partial charge in [0.2, 0.25) is 0 Å². The zero-order valence-corrected chi connectivity index (χ0v) is 19.2. The number of hydrogen-bond acceptors (Lipinski definition) is 6. The fourth-order valence-electron chi connectivity index (χ4n) is 4.10. The molecule has 1 amide bonds. The monoisotopic (exact) mass is 466 g/mol. The van der Waals surface area contributed by atoms with E-state index in [0.717, 1.165) is 41.9 Å². The fourth-order valence-corrected chi connectivity index (χ4v) is 6.22. The summed E-state index contributed by atoms with van der Waals surface area (Å²) in [5.41, 5.74) is 2.66. The quantitative estimate of drug-likeness (QED) is 0.596. The highest BCUT2D eigenvalue weighted by Gasteiger charge is 2.32. The van der Waals surface area contributed by atoms with Crippen molar-refractivity contribution in [1.82, 2.24) is 4.98 Å². The molecule has 164 valence electrons. The van der Waals surface area contributed by atoms with Crippen molar-refractivity contribution in [2.24, 2.45) is 4.40 Å². The van der Waals surface area contributed by atoms with Gasteiger partial charge in [-0.1, -0.05) is 36.8 Å². The van der Waals surface area contributed by atoms with Gasteiger partial charge >= 0.3 is 0 Å². The van der Waals surface area contributed by atoms with Crippen molar-refractivity contribution in [2.45, 2.75) is 37.5 Å². The van der Waals surface area contributed by atoms with Crippen molar-refractivity contribution in [3.63, 3.8) is 0 Å². The molecular formula is C23H22N4O3S2. The van der Waals surface area contributed by atoms with Gasteiger partial charge in [-0.2, -0.15) is 8.42 Å². The molecule has 3 aromatic rings. The molecular weight excluding hydrogens is 444 g/mol. The number of sulfonamides is 1. The molecule has 1 N–H and O–H groups in total. The third-order valence-electron chi connectivity index (χ3n) is 5.67. The topological polar surface area (TPSA) is 91.7 Å². The van der Waals surface area contributed by atoms with E-state index < -0.39 is 15.9 Å². The predicted molar refractivity (Wildman–Crippen MR) is 127 cm³/mol. The highest BCUT2D eigenvalue weighted by molar-refractivity contribution is 7.90. The molecule has 1 fully saturated rings. The van der Waals surface area contributed by atoms with Gasteiger partial charge in [0.1, 0.15) is 10.7 Å². The summed E-state index contributed by atoms with van der Waals surface area (Å²) in [6, 6.07) is 14.6. The van der Waals surface area contributed by atoms with E-state index in [2.05, 4.69) is 14.7 Å². The average Bonchev–Trinajstić information content (AvgIpc) is 2.99. The van der Waals surface area contributed by atoms with E-state index in [1.807, 2.05) is 42.2 Å². The Morgan fingerprint density at radius 3 is 2.72 bits per heavy atom. The maximum Gasteiger partial charge on any atom is 0.286 e. The summed E-state index contributed by atoms with van der Waals surface area (Å²) in [7, 11) is -3.84. The predicted octanol–water partition coefficient (Wildman–Crippen LogP) is 4.85. The second kappa shape index (κ2) is 8.14. The van der Waals surface area contributed by atoms with Gasteiger partial charge in [-0.15, -0.1) is 15.7 Å². The molecule has 2 aliphatic rings. The van der Waals surface area contributed by atoms with Crippen LogP contribution in [0.4, 0.5) is 10.8 Å². The number of carbonyl (C=O) groups is 1. The van der Waals surface area contributed by atoms with Crippen LogP contribution in [0, 0.1) is 6.92 Å². The van der Waals surface area contributed by atoms with Gasteiger partial charge in [0.05, 0.1) is 11.4 Å². The van der Waals surface area contributed by atoms with Crippen molar-refractivity contribution in [3.8, 4) is 11.3 Å². The van der Waals surface area contributed by atoms with Crippen molar-refractivity contribution >= 4 is 43.9 Å². The SMILES string of the molecule is Cc1sc(NC(=O)c2ccc3c(c2)S(=O)(=O)N=C2CCCCCN23)nc1-c1ccccc1. The summed E-state index contributed by atoms with van der Waals surface area (Å²) in [6.45, 7) is 2.69. The Morgan fingerprint density at radius 2 is 1.91 bits per heavy atom. The first kappa shape index (κ1) is 20.8. The number of thiazole rings is 1. The number of anilines is 2. The first-order valence-corrected chi connectivity index (χ1v) is 12.8. The molecule has 7 nitrogen and oxygen atoms in total. The number of amidine groups is 1. The number of rotatable bonds is 3. The Hall–Kier alpha value is -3.04. The van der Waals surface area contributed by atoms with Crippen molar-refractivity contribution < 1.29 is 13.2 Å². The van der Waals surface area contributed by atoms with E-state index in [1.165, 1.54) is 17.4 Å². The third-order valence-corrected chi connectivity index (χ3v) is 7.89. The molecule has 2 aliphatic heterocycles. The highest BCUT2D eigenvalue weighted by atomic mass is 32.2. The van der Waals surface area contributed by atoms with Crippen molar-refractivity contribution in [1.29, 1.82) is 0 Å². The minimum absolute atomic E-state index is 0.0797. The molecule has 9 heteroatoms. The lowest BCUT2D eigenvalue weighted by Crippen LogP contribution is -2.35. The van der Waals surface area contributed by atoms with Crippen LogP contribution in [0.3, 0.4) is 0 Å². The molecule has 0 saturated carbocycles. The normalized spacial score (nSPS) is 17.0. The second-order valence-corrected chi connectivity index (χ2v) is 10.6. The molecule has 32 heavy (non-hydrogen) atoms. The van der Waals surface area contributed by atoms with Crippen LogP contribution in [0.5, 0.6) is 0 Å². The molecule has 2 aromatic carbocycles. The van der Waals surface area contributed by atoms with Gasteiger partial charge in [0.25, 0.3) is 15.9 Å². The molecule has 0 bridgehead atoms. The van der Waals surface area contributed by atoms with E-state index in [-0.39, 0.29) is 10.5 Å². The second-order valence-electron chi connectivity index (χ2n) is 7.87. The van der Waals surface area contributed by atoms with Crippen LogP contribution >= 0.6 is 11.3 Å². The van der Waals surface area contributed by atoms with Crippen LogP contribution in [-0.2, 0) is 10.0 Å². The number of amides is 1. The number of hydrogen-bond donors (Lipinski definition) is 1. The van der Waals surface area contributed by atoms with Crippen molar-refractivity contribution in [2.75, 3.05) is 16.8 Å². The summed E-state index contributed by atoms with van der Waals surface area (Å²) < 4.78 is 29.7. The Labute approximate surface area is 190 Å². The molecule has 1 aromatic heterocycles. The molecule has 5 rings (SSSR count). The van der Waals surface area contributed by atoms with Gasteiger partial charge in [0, 0.05) is 29.0 Å². The van der Waals surface area contributed by atoms with Crippen LogP contribution < -0.4 is 10.2 Å². The van der Waals surface area contributed by atoms with Crippen LogP contribution in [-0.4, -0.2) is 31.7 Å². The molecule has 0 radical (unpaired) electrons. The summed E-state index contributed by atoms with van der Waals surface area (Å²) in [5, 5.41) is 3.29. The fraction of sp³-hybridized carbons (Fsp3) is 0.261. The molecule has 0 aliphatic carbocycles. The smallest absolute Gasteiger partial charge is 0.286 e. The Morgan fingerprint density at radius 1 is 1.09 bits per heavy atom. The van der Waals surface area contributed by atoms with Crippen molar-refractivity contribution in [3.05, 3.63) is 59.0 Å². The number of aryl methyl sites for hydroxylation is 1. The molecule has 3 heterocycles. The molecule has 1 saturated heterocycles. The molecule has 0 unspecified atom stereocenters. The zero-order chi connectivity index (χ0) is 22.3. The van der Waals surface area contributed by atoms with Crippen LogP contribution in [0.1, 0.15) is 40.9 Å². The third kappa shape index (κ3) is 3.82. The minimum atomic E-state index is -3.84.